The molecule has 0 radical (unpaired) electrons. The smallest absolute Gasteiger partial charge is 0.105 e. The van der Waals surface area contributed by atoms with Gasteiger partial charge in [-0.05, 0) is 43.7 Å². The lowest BCUT2D eigenvalue weighted by atomic mass is 10.1. The van der Waals surface area contributed by atoms with Gasteiger partial charge >= 0.3 is 0 Å². The molecule has 96 valence electrons. The third kappa shape index (κ3) is 2.99. The average molecular weight is 265 g/mol. The van der Waals surface area contributed by atoms with Crippen molar-refractivity contribution in [2.45, 2.75) is 26.3 Å². The van der Waals surface area contributed by atoms with Crippen LogP contribution in [0.15, 0.2) is 34.9 Å². The van der Waals surface area contributed by atoms with Crippen molar-refractivity contribution in [3.63, 3.8) is 0 Å². The molecule has 0 aliphatic carbocycles. The number of anilines is 2. The molecule has 0 aliphatic heterocycles. The maximum Gasteiger partial charge on any atom is 0.105 e. The summed E-state index contributed by atoms with van der Waals surface area (Å²) < 4.78 is 5.33. The second-order valence-electron chi connectivity index (χ2n) is 4.52. The van der Waals surface area contributed by atoms with Gasteiger partial charge in [0.05, 0.1) is 17.0 Å². The minimum Gasteiger partial charge on any atom is -0.469 e. The zero-order chi connectivity index (χ0) is 13.1. The lowest BCUT2D eigenvalue weighted by molar-refractivity contribution is 0.498. The third-order valence-corrected chi connectivity index (χ3v) is 3.16. The van der Waals surface area contributed by atoms with Crippen molar-refractivity contribution in [1.82, 2.24) is 0 Å². The van der Waals surface area contributed by atoms with Crippen LogP contribution in [0.4, 0.5) is 11.4 Å². The molecule has 0 spiro atoms. The highest BCUT2D eigenvalue weighted by atomic mass is 35.5. The highest BCUT2D eigenvalue weighted by Gasteiger charge is 2.09. The van der Waals surface area contributed by atoms with Crippen molar-refractivity contribution < 1.29 is 4.42 Å². The summed E-state index contributed by atoms with van der Waals surface area (Å²) in [5.74, 6) is 0.967. The van der Waals surface area contributed by atoms with Gasteiger partial charge < -0.3 is 15.5 Å². The van der Waals surface area contributed by atoms with Crippen molar-refractivity contribution >= 4 is 23.0 Å². The van der Waals surface area contributed by atoms with Crippen LogP contribution >= 0.6 is 11.6 Å². The summed E-state index contributed by atoms with van der Waals surface area (Å²) in [6.45, 7) is 4.11. The van der Waals surface area contributed by atoms with Crippen molar-refractivity contribution in [3.8, 4) is 0 Å². The Labute approximate surface area is 112 Å². The number of rotatable bonds is 4. The predicted octanol–water partition coefficient (Wildman–Crippen LogP) is 3.87. The van der Waals surface area contributed by atoms with Gasteiger partial charge in [-0.2, -0.15) is 0 Å². The van der Waals surface area contributed by atoms with Gasteiger partial charge in [-0.3, -0.25) is 0 Å². The molecule has 1 heterocycles. The van der Waals surface area contributed by atoms with Gasteiger partial charge in [-0.1, -0.05) is 11.6 Å². The highest BCUT2D eigenvalue weighted by Crippen LogP contribution is 2.27. The zero-order valence-electron chi connectivity index (χ0n) is 10.5. The Bertz CT molecular complexity index is 523. The number of benzene rings is 1. The van der Waals surface area contributed by atoms with Gasteiger partial charge in [0.15, 0.2) is 0 Å². The molecule has 2 aromatic rings. The Morgan fingerprint density at radius 1 is 1.44 bits per heavy atom. The van der Waals surface area contributed by atoms with Crippen LogP contribution < -0.4 is 11.1 Å². The van der Waals surface area contributed by atoms with E-state index in [9.17, 15) is 0 Å². The van der Waals surface area contributed by atoms with Crippen molar-refractivity contribution in [1.29, 1.82) is 0 Å². The van der Waals surface area contributed by atoms with E-state index < -0.39 is 0 Å². The number of hydrogen-bond donors (Lipinski definition) is 2. The van der Waals surface area contributed by atoms with Gasteiger partial charge in [0.25, 0.3) is 0 Å². The first-order valence-corrected chi connectivity index (χ1v) is 6.28. The molecule has 18 heavy (non-hydrogen) atoms. The van der Waals surface area contributed by atoms with Crippen molar-refractivity contribution in [3.05, 3.63) is 46.9 Å². The summed E-state index contributed by atoms with van der Waals surface area (Å²) in [6.07, 6.45) is 2.52. The average Bonchev–Trinajstić information content (AvgIpc) is 2.78. The Balaban J connectivity index is 2.07. The molecule has 0 bridgehead atoms. The third-order valence-electron chi connectivity index (χ3n) is 2.83. The molecule has 1 unspecified atom stereocenters. The van der Waals surface area contributed by atoms with Crippen molar-refractivity contribution in [2.24, 2.45) is 0 Å². The molecule has 0 amide bonds. The lowest BCUT2D eigenvalue weighted by Gasteiger charge is -2.17. The molecule has 3 nitrogen and oxygen atoms in total. The Kier molecular flexibility index (Phi) is 3.82. The molecule has 3 N–H and O–H groups in total. The Hall–Kier alpha value is -1.61. The fourth-order valence-corrected chi connectivity index (χ4v) is 2.07. The summed E-state index contributed by atoms with van der Waals surface area (Å²) in [4.78, 5) is 0. The predicted molar refractivity (Wildman–Crippen MR) is 76.1 cm³/mol. The monoisotopic (exact) mass is 264 g/mol. The molecule has 1 atom stereocenters. The SMILES string of the molecule is Cc1cc(N)c(Cl)cc1NC(C)Cc1ccco1. The number of furan rings is 1. The van der Waals surface area contributed by atoms with Gasteiger partial charge in [0.2, 0.25) is 0 Å². The molecule has 0 fully saturated rings. The van der Waals surface area contributed by atoms with E-state index in [2.05, 4.69) is 12.2 Å². The lowest BCUT2D eigenvalue weighted by Crippen LogP contribution is -2.18. The van der Waals surface area contributed by atoms with E-state index in [1.807, 2.05) is 31.2 Å². The largest absolute Gasteiger partial charge is 0.469 e. The quantitative estimate of drug-likeness (QED) is 0.825. The molecular formula is C14H17ClN2O. The topological polar surface area (TPSA) is 51.2 Å². The van der Waals surface area contributed by atoms with Crippen LogP contribution in [0.25, 0.3) is 0 Å². The summed E-state index contributed by atoms with van der Waals surface area (Å²) in [5, 5.41) is 3.99. The molecule has 4 heteroatoms. The summed E-state index contributed by atoms with van der Waals surface area (Å²) in [5.41, 5.74) is 8.46. The van der Waals surface area contributed by atoms with E-state index in [-0.39, 0.29) is 6.04 Å². The van der Waals surface area contributed by atoms with Gasteiger partial charge in [0, 0.05) is 18.2 Å². The minimum absolute atomic E-state index is 0.259. The highest BCUT2D eigenvalue weighted by molar-refractivity contribution is 6.33. The maximum atomic E-state index is 6.03. The Morgan fingerprint density at radius 2 is 2.22 bits per heavy atom. The van der Waals surface area contributed by atoms with Crippen LogP contribution in [0, 0.1) is 6.92 Å². The molecule has 0 saturated carbocycles. The fourth-order valence-electron chi connectivity index (χ4n) is 1.91. The van der Waals surface area contributed by atoms with E-state index >= 15 is 0 Å². The van der Waals surface area contributed by atoms with Crippen LogP contribution in [0.2, 0.25) is 5.02 Å². The first kappa shape index (κ1) is 12.8. The van der Waals surface area contributed by atoms with E-state index in [1.165, 1.54) is 0 Å². The van der Waals surface area contributed by atoms with Crippen LogP contribution in [-0.4, -0.2) is 6.04 Å². The summed E-state index contributed by atoms with van der Waals surface area (Å²) >= 11 is 6.03. The molecule has 1 aromatic carbocycles. The van der Waals surface area contributed by atoms with E-state index in [0.29, 0.717) is 10.7 Å². The number of nitrogens with one attached hydrogen (secondary N) is 1. The fraction of sp³-hybridized carbons (Fsp3) is 0.286. The summed E-state index contributed by atoms with van der Waals surface area (Å²) in [7, 11) is 0. The molecule has 0 saturated heterocycles. The first-order valence-electron chi connectivity index (χ1n) is 5.91. The van der Waals surface area contributed by atoms with Crippen LogP contribution in [0.1, 0.15) is 18.2 Å². The van der Waals surface area contributed by atoms with Gasteiger partial charge in [0.1, 0.15) is 5.76 Å². The number of halogens is 1. The minimum atomic E-state index is 0.259. The van der Waals surface area contributed by atoms with Gasteiger partial charge in [-0.25, -0.2) is 0 Å². The Morgan fingerprint density at radius 3 is 2.89 bits per heavy atom. The summed E-state index contributed by atoms with van der Waals surface area (Å²) in [6, 6.07) is 7.87. The molecule has 2 rings (SSSR count). The standard InChI is InChI=1S/C14H17ClN2O/c1-9-6-13(16)12(15)8-14(9)17-10(2)7-11-4-3-5-18-11/h3-6,8,10,17H,7,16H2,1-2H3. The van der Waals surface area contributed by atoms with Crippen LogP contribution in [0.3, 0.4) is 0 Å². The first-order chi connectivity index (χ1) is 8.56. The number of nitrogens with two attached hydrogens (primary N) is 1. The molecular weight excluding hydrogens is 248 g/mol. The van der Waals surface area contributed by atoms with Crippen LogP contribution in [-0.2, 0) is 6.42 Å². The van der Waals surface area contributed by atoms with Crippen molar-refractivity contribution in [2.75, 3.05) is 11.1 Å². The number of hydrogen-bond acceptors (Lipinski definition) is 3. The zero-order valence-corrected chi connectivity index (χ0v) is 11.3. The van der Waals surface area contributed by atoms with E-state index in [1.54, 1.807) is 6.26 Å². The van der Waals surface area contributed by atoms with E-state index in [4.69, 9.17) is 21.8 Å². The van der Waals surface area contributed by atoms with Gasteiger partial charge in [-0.15, -0.1) is 0 Å². The molecule has 0 aliphatic rings. The number of nitrogen functional groups attached to an aromatic ring is 1. The second kappa shape index (κ2) is 5.36. The second-order valence-corrected chi connectivity index (χ2v) is 4.92. The number of aryl methyl sites for hydroxylation is 1. The van der Waals surface area contributed by atoms with E-state index in [0.717, 1.165) is 23.4 Å². The van der Waals surface area contributed by atoms with Crippen LogP contribution in [0.5, 0.6) is 0 Å². The molecule has 1 aromatic heterocycles. The normalized spacial score (nSPS) is 12.4. The maximum absolute atomic E-state index is 6.03.